The number of carbonyl (C=O) groups is 1. The maximum absolute atomic E-state index is 11.4. The van der Waals surface area contributed by atoms with Gasteiger partial charge in [0.15, 0.2) is 0 Å². The number of hydrogen-bond donors (Lipinski definition) is 1. The summed E-state index contributed by atoms with van der Waals surface area (Å²) in [6, 6.07) is 5.01. The van der Waals surface area contributed by atoms with Crippen molar-refractivity contribution in [3.05, 3.63) is 30.9 Å². The minimum absolute atomic E-state index is 0.0738. The summed E-state index contributed by atoms with van der Waals surface area (Å²) in [6.45, 7) is 3.35. The Labute approximate surface area is 108 Å². The molecule has 0 aliphatic carbocycles. The van der Waals surface area contributed by atoms with Gasteiger partial charge in [-0.3, -0.25) is 4.79 Å². The van der Waals surface area contributed by atoms with Gasteiger partial charge in [0, 0.05) is 11.9 Å². The van der Waals surface area contributed by atoms with Gasteiger partial charge in [0.2, 0.25) is 20.1 Å². The van der Waals surface area contributed by atoms with E-state index in [2.05, 4.69) is 16.9 Å². The van der Waals surface area contributed by atoms with Crippen molar-refractivity contribution in [2.45, 2.75) is 4.34 Å². The summed E-state index contributed by atoms with van der Waals surface area (Å²) in [6.07, 6.45) is 2.28. The molecule has 5 nitrogen and oxygen atoms in total. The van der Waals surface area contributed by atoms with Gasteiger partial charge in [0.25, 0.3) is 0 Å². The first kappa shape index (κ1) is 12.7. The van der Waals surface area contributed by atoms with Gasteiger partial charge in [-0.2, -0.15) is 0 Å². The zero-order valence-corrected chi connectivity index (χ0v) is 11.1. The third kappa shape index (κ3) is 2.57. The van der Waals surface area contributed by atoms with Crippen molar-refractivity contribution in [3.63, 3.8) is 0 Å². The van der Waals surface area contributed by atoms with E-state index >= 15 is 0 Å². The highest BCUT2D eigenvalue weighted by Crippen LogP contribution is 2.27. The number of benzene rings is 1. The Morgan fingerprint density at radius 2 is 2.22 bits per heavy atom. The first-order chi connectivity index (χ1) is 8.40. The van der Waals surface area contributed by atoms with Crippen molar-refractivity contribution in [1.29, 1.82) is 0 Å². The average Bonchev–Trinajstić information content (AvgIpc) is 2.71. The molecule has 18 heavy (non-hydrogen) atoms. The third-order valence-corrected chi connectivity index (χ3v) is 4.84. The molecule has 0 bridgehead atoms. The Balaban J connectivity index is 2.46. The molecule has 2 aromatic rings. The molecule has 1 aromatic carbocycles. The molecule has 0 atom stereocenters. The number of aromatic nitrogens is 1. The zero-order valence-electron chi connectivity index (χ0n) is 9.50. The smallest absolute Gasteiger partial charge is 0.247 e. The number of fused-ring (bicyclic) bond motifs is 1. The van der Waals surface area contributed by atoms with E-state index in [9.17, 15) is 13.2 Å². The molecule has 1 N–H and O–H groups in total. The lowest BCUT2D eigenvalue weighted by Crippen LogP contribution is -2.06. The summed E-state index contributed by atoms with van der Waals surface area (Å²) in [5.41, 5.74) is 1.17. The molecular formula is C11H10N2O3S2. The van der Waals surface area contributed by atoms with Gasteiger partial charge < -0.3 is 5.32 Å². The SMILES string of the molecule is C=CC(=O)Nc1ccc2nc(S(C)(=O)=O)sc2c1. The van der Waals surface area contributed by atoms with Gasteiger partial charge in [-0.05, 0) is 24.3 Å². The van der Waals surface area contributed by atoms with Crippen molar-refractivity contribution in [2.75, 3.05) is 11.6 Å². The number of hydrogen-bond acceptors (Lipinski definition) is 5. The molecular weight excluding hydrogens is 272 g/mol. The summed E-state index contributed by atoms with van der Waals surface area (Å²) in [7, 11) is -3.30. The fourth-order valence-corrected chi connectivity index (χ4v) is 3.21. The van der Waals surface area contributed by atoms with E-state index < -0.39 is 9.84 Å². The first-order valence-electron chi connectivity index (χ1n) is 4.94. The number of rotatable bonds is 3. The lowest BCUT2D eigenvalue weighted by Gasteiger charge is -2.00. The third-order valence-electron chi connectivity index (χ3n) is 2.14. The largest absolute Gasteiger partial charge is 0.322 e. The van der Waals surface area contributed by atoms with Crippen LogP contribution in [0.2, 0.25) is 0 Å². The quantitative estimate of drug-likeness (QED) is 0.871. The molecule has 1 amide bonds. The van der Waals surface area contributed by atoms with Gasteiger partial charge in [0.1, 0.15) is 0 Å². The van der Waals surface area contributed by atoms with Crippen molar-refractivity contribution >= 4 is 43.0 Å². The van der Waals surface area contributed by atoms with Crippen molar-refractivity contribution in [1.82, 2.24) is 4.98 Å². The number of thiazole rings is 1. The standard InChI is InChI=1S/C11H10N2O3S2/c1-3-10(14)12-7-4-5-8-9(6-7)17-11(13-8)18(2,15)16/h3-6H,1H2,2H3,(H,12,14). The van der Waals surface area contributed by atoms with Crippen LogP contribution >= 0.6 is 11.3 Å². The molecule has 94 valence electrons. The average molecular weight is 282 g/mol. The maximum atomic E-state index is 11.4. The minimum atomic E-state index is -3.30. The van der Waals surface area contributed by atoms with Crippen molar-refractivity contribution < 1.29 is 13.2 Å². The van der Waals surface area contributed by atoms with Crippen LogP contribution in [0.5, 0.6) is 0 Å². The monoisotopic (exact) mass is 282 g/mol. The summed E-state index contributed by atoms with van der Waals surface area (Å²) in [5, 5.41) is 2.60. The normalized spacial score (nSPS) is 11.4. The second kappa shape index (κ2) is 4.51. The van der Waals surface area contributed by atoms with Crippen LogP contribution in [0.25, 0.3) is 10.2 Å². The van der Waals surface area contributed by atoms with E-state index in [1.165, 1.54) is 6.08 Å². The highest BCUT2D eigenvalue weighted by Gasteiger charge is 2.14. The molecule has 1 heterocycles. The summed E-state index contributed by atoms with van der Waals surface area (Å²) in [4.78, 5) is 15.2. The molecule has 0 radical (unpaired) electrons. The van der Waals surface area contributed by atoms with Gasteiger partial charge >= 0.3 is 0 Å². The first-order valence-corrected chi connectivity index (χ1v) is 7.65. The Morgan fingerprint density at radius 3 is 2.83 bits per heavy atom. The van der Waals surface area contributed by atoms with Crippen LogP contribution in [0.3, 0.4) is 0 Å². The van der Waals surface area contributed by atoms with E-state index in [4.69, 9.17) is 0 Å². The van der Waals surface area contributed by atoms with Crippen LogP contribution in [-0.2, 0) is 14.6 Å². The second-order valence-electron chi connectivity index (χ2n) is 3.63. The predicted octanol–water partition coefficient (Wildman–Crippen LogP) is 1.82. The maximum Gasteiger partial charge on any atom is 0.247 e. The Morgan fingerprint density at radius 1 is 1.50 bits per heavy atom. The van der Waals surface area contributed by atoms with Crippen LogP contribution in [0, 0.1) is 0 Å². The summed E-state index contributed by atoms with van der Waals surface area (Å²) in [5.74, 6) is -0.317. The Hall–Kier alpha value is -1.73. The number of anilines is 1. The fourth-order valence-electron chi connectivity index (χ4n) is 1.33. The van der Waals surface area contributed by atoms with Crippen LogP contribution in [0.1, 0.15) is 0 Å². The van der Waals surface area contributed by atoms with E-state index in [1.54, 1.807) is 18.2 Å². The molecule has 0 fully saturated rings. The van der Waals surface area contributed by atoms with Gasteiger partial charge in [-0.15, -0.1) is 11.3 Å². The number of nitrogens with zero attached hydrogens (tertiary/aromatic N) is 1. The van der Waals surface area contributed by atoms with Crippen LogP contribution in [-0.4, -0.2) is 25.6 Å². The molecule has 0 aliphatic heterocycles. The van der Waals surface area contributed by atoms with Crippen LogP contribution in [0.15, 0.2) is 35.2 Å². The molecule has 2 rings (SSSR count). The number of nitrogens with one attached hydrogen (secondary N) is 1. The molecule has 1 aromatic heterocycles. The molecule has 0 unspecified atom stereocenters. The van der Waals surface area contributed by atoms with Crippen LogP contribution in [0.4, 0.5) is 5.69 Å². The molecule has 0 saturated heterocycles. The fraction of sp³-hybridized carbons (Fsp3) is 0.0909. The lowest BCUT2D eigenvalue weighted by molar-refractivity contribution is -0.111. The Kier molecular flexibility index (Phi) is 3.18. The van der Waals surface area contributed by atoms with Gasteiger partial charge in [-0.25, -0.2) is 13.4 Å². The van der Waals surface area contributed by atoms with Gasteiger partial charge in [0.05, 0.1) is 10.2 Å². The van der Waals surface area contributed by atoms with E-state index in [1.807, 2.05) is 0 Å². The van der Waals surface area contributed by atoms with Crippen molar-refractivity contribution in [3.8, 4) is 0 Å². The van der Waals surface area contributed by atoms with E-state index in [0.717, 1.165) is 17.6 Å². The second-order valence-corrected chi connectivity index (χ2v) is 6.85. The molecule has 0 saturated carbocycles. The molecule has 0 spiro atoms. The zero-order chi connectivity index (χ0) is 13.3. The molecule has 7 heteroatoms. The highest BCUT2D eigenvalue weighted by molar-refractivity contribution is 7.92. The van der Waals surface area contributed by atoms with E-state index in [0.29, 0.717) is 15.9 Å². The number of carbonyl (C=O) groups excluding carboxylic acids is 1. The lowest BCUT2D eigenvalue weighted by atomic mass is 10.3. The topological polar surface area (TPSA) is 76.1 Å². The molecule has 0 aliphatic rings. The summed E-state index contributed by atoms with van der Waals surface area (Å²) < 4.78 is 23.5. The highest BCUT2D eigenvalue weighted by atomic mass is 32.2. The minimum Gasteiger partial charge on any atom is -0.322 e. The predicted molar refractivity (Wildman–Crippen MR) is 71.6 cm³/mol. The number of sulfone groups is 1. The van der Waals surface area contributed by atoms with Crippen LogP contribution < -0.4 is 5.32 Å². The van der Waals surface area contributed by atoms with Gasteiger partial charge in [-0.1, -0.05) is 6.58 Å². The van der Waals surface area contributed by atoms with Crippen molar-refractivity contribution in [2.24, 2.45) is 0 Å². The number of amides is 1. The summed E-state index contributed by atoms with van der Waals surface area (Å²) >= 11 is 1.08. The van der Waals surface area contributed by atoms with E-state index in [-0.39, 0.29) is 10.2 Å². The Bertz CT molecular complexity index is 732.